The molecule has 0 N–H and O–H groups in total. The van der Waals surface area contributed by atoms with Crippen LogP contribution in [-0.4, -0.2) is 36.0 Å². The Bertz CT molecular complexity index is 508. The molecule has 2 heterocycles. The van der Waals surface area contributed by atoms with Crippen LogP contribution in [-0.2, 0) is 4.79 Å². The summed E-state index contributed by atoms with van der Waals surface area (Å²) in [5, 5.41) is 0. The molecule has 0 saturated carbocycles. The van der Waals surface area contributed by atoms with Crippen molar-refractivity contribution in [2.45, 2.75) is 25.4 Å². The Morgan fingerprint density at radius 2 is 2.17 bits per heavy atom. The Labute approximate surface area is 114 Å². The van der Waals surface area contributed by atoms with E-state index in [9.17, 15) is 9.18 Å². The van der Waals surface area contributed by atoms with Crippen LogP contribution in [0.4, 0.5) is 10.1 Å². The van der Waals surface area contributed by atoms with Crippen LogP contribution in [0, 0.1) is 5.82 Å². The molecule has 2 bridgehead atoms. The molecule has 1 aromatic carbocycles. The lowest BCUT2D eigenvalue weighted by Gasteiger charge is -2.35. The van der Waals surface area contributed by atoms with Gasteiger partial charge in [0.05, 0.1) is 11.7 Å². The topological polar surface area (TPSA) is 23.6 Å². The molecule has 0 unspecified atom stereocenters. The number of carbonyl (C=O) groups is 1. The molecule has 0 aromatic heterocycles. The van der Waals surface area contributed by atoms with Gasteiger partial charge in [-0.3, -0.25) is 4.79 Å². The van der Waals surface area contributed by atoms with Crippen molar-refractivity contribution in [2.24, 2.45) is 0 Å². The number of amides is 1. The van der Waals surface area contributed by atoms with Gasteiger partial charge in [-0.05, 0) is 24.6 Å². The highest BCUT2D eigenvalue weighted by molar-refractivity contribution is 9.10. The van der Waals surface area contributed by atoms with Crippen molar-refractivity contribution in [3.63, 3.8) is 0 Å². The van der Waals surface area contributed by atoms with Crippen LogP contribution in [0.5, 0.6) is 0 Å². The van der Waals surface area contributed by atoms with Crippen LogP contribution in [0.2, 0.25) is 0 Å². The summed E-state index contributed by atoms with van der Waals surface area (Å²) in [5.41, 5.74) is 0.647. The molecule has 18 heavy (non-hydrogen) atoms. The van der Waals surface area contributed by atoms with Crippen molar-refractivity contribution in [3.05, 3.63) is 28.5 Å². The monoisotopic (exact) mass is 312 g/mol. The molecular weight excluding hydrogens is 299 g/mol. The summed E-state index contributed by atoms with van der Waals surface area (Å²) < 4.78 is 14.7. The van der Waals surface area contributed by atoms with Gasteiger partial charge in [0, 0.05) is 30.5 Å². The van der Waals surface area contributed by atoms with E-state index in [1.807, 2.05) is 11.0 Å². The number of hydrogen-bond acceptors (Lipinski definition) is 2. The van der Waals surface area contributed by atoms with Crippen molar-refractivity contribution in [1.82, 2.24) is 4.90 Å². The van der Waals surface area contributed by atoms with Gasteiger partial charge in [-0.15, -0.1) is 0 Å². The van der Waals surface area contributed by atoms with E-state index in [1.165, 1.54) is 6.07 Å². The molecule has 96 valence electrons. The molecule has 1 aromatic rings. The molecule has 5 heteroatoms. The first-order valence-corrected chi connectivity index (χ1v) is 6.84. The van der Waals surface area contributed by atoms with Gasteiger partial charge in [0.1, 0.15) is 5.82 Å². The van der Waals surface area contributed by atoms with Crippen LogP contribution in [0.3, 0.4) is 0 Å². The summed E-state index contributed by atoms with van der Waals surface area (Å²) in [6.07, 6.45) is 0.953. The van der Waals surface area contributed by atoms with E-state index in [1.54, 1.807) is 13.0 Å². The molecule has 0 radical (unpaired) electrons. The molecule has 1 amide bonds. The fraction of sp³-hybridized carbons (Fsp3) is 0.462. The molecule has 3 rings (SSSR count). The van der Waals surface area contributed by atoms with Gasteiger partial charge in [-0.2, -0.15) is 0 Å². The third-order valence-corrected chi connectivity index (χ3v) is 4.36. The van der Waals surface area contributed by atoms with Crippen molar-refractivity contribution in [1.29, 1.82) is 0 Å². The van der Waals surface area contributed by atoms with Crippen LogP contribution >= 0.6 is 15.9 Å². The average molecular weight is 313 g/mol. The Kier molecular flexibility index (Phi) is 2.81. The highest BCUT2D eigenvalue weighted by Gasteiger charge is 2.44. The Balaban J connectivity index is 1.83. The molecule has 2 aliphatic rings. The van der Waals surface area contributed by atoms with Gasteiger partial charge >= 0.3 is 0 Å². The number of likely N-dealkylation sites (tertiary alicyclic amines) is 1. The first-order valence-electron chi connectivity index (χ1n) is 6.05. The zero-order valence-electron chi connectivity index (χ0n) is 10.1. The number of fused-ring (bicyclic) bond motifs is 2. The number of piperazine rings is 1. The van der Waals surface area contributed by atoms with E-state index in [-0.39, 0.29) is 23.8 Å². The number of hydrogen-bond donors (Lipinski definition) is 0. The number of benzene rings is 1. The summed E-state index contributed by atoms with van der Waals surface area (Å²) >= 11 is 3.26. The van der Waals surface area contributed by atoms with E-state index < -0.39 is 0 Å². The number of nitrogens with zero attached hydrogens (tertiary/aromatic N) is 2. The Morgan fingerprint density at radius 1 is 1.39 bits per heavy atom. The van der Waals surface area contributed by atoms with E-state index >= 15 is 0 Å². The molecule has 2 saturated heterocycles. The normalized spacial score (nSPS) is 25.9. The fourth-order valence-electron chi connectivity index (χ4n) is 3.06. The number of anilines is 1. The second-order valence-electron chi connectivity index (χ2n) is 4.96. The minimum Gasteiger partial charge on any atom is -0.362 e. The van der Waals surface area contributed by atoms with E-state index in [0.29, 0.717) is 5.69 Å². The molecule has 2 fully saturated rings. The smallest absolute Gasteiger partial charge is 0.219 e. The zero-order valence-corrected chi connectivity index (χ0v) is 11.7. The van der Waals surface area contributed by atoms with E-state index in [4.69, 9.17) is 0 Å². The summed E-state index contributed by atoms with van der Waals surface area (Å²) in [6.45, 7) is 3.06. The number of carbonyl (C=O) groups excluding carboxylic acids is 1. The van der Waals surface area contributed by atoms with E-state index in [2.05, 4.69) is 20.8 Å². The van der Waals surface area contributed by atoms with Gasteiger partial charge < -0.3 is 9.80 Å². The number of halogens is 2. The minimum atomic E-state index is -0.202. The SMILES string of the molecule is CC(=O)N1C[C@@H]2C[C@H]1CN2c1ccc(Br)cc1F. The standard InChI is InChI=1S/C13H14BrFN2O/c1-8(18)16-6-11-5-10(16)7-17(11)13-3-2-9(14)4-12(13)15/h2-4,10-11H,5-7H2,1H3/t10-,11-/m0/s1. The van der Waals surface area contributed by atoms with Gasteiger partial charge in [0.25, 0.3) is 0 Å². The lowest BCUT2D eigenvalue weighted by Crippen LogP contribution is -2.48. The molecule has 2 aliphatic heterocycles. The molecular formula is C13H14BrFN2O. The van der Waals surface area contributed by atoms with Gasteiger partial charge in [0.15, 0.2) is 0 Å². The predicted molar refractivity (Wildman–Crippen MR) is 71.0 cm³/mol. The van der Waals surface area contributed by atoms with Gasteiger partial charge in [-0.1, -0.05) is 15.9 Å². The summed E-state index contributed by atoms with van der Waals surface area (Å²) in [7, 11) is 0. The molecule has 3 nitrogen and oxygen atoms in total. The van der Waals surface area contributed by atoms with Crippen LogP contribution in [0.15, 0.2) is 22.7 Å². The minimum absolute atomic E-state index is 0.124. The van der Waals surface area contributed by atoms with Crippen molar-refractivity contribution < 1.29 is 9.18 Å². The quantitative estimate of drug-likeness (QED) is 0.795. The average Bonchev–Trinajstić information content (AvgIpc) is 2.88. The summed E-state index contributed by atoms with van der Waals surface area (Å²) in [6, 6.07) is 5.65. The van der Waals surface area contributed by atoms with Crippen molar-refractivity contribution >= 4 is 27.5 Å². The van der Waals surface area contributed by atoms with Crippen molar-refractivity contribution in [3.8, 4) is 0 Å². The zero-order chi connectivity index (χ0) is 12.9. The van der Waals surface area contributed by atoms with Gasteiger partial charge in [-0.25, -0.2) is 4.39 Å². The Morgan fingerprint density at radius 3 is 2.72 bits per heavy atom. The molecule has 2 atom stereocenters. The first kappa shape index (κ1) is 12.0. The maximum atomic E-state index is 13.9. The van der Waals surface area contributed by atoms with Gasteiger partial charge in [0.2, 0.25) is 5.91 Å². The third kappa shape index (κ3) is 1.81. The highest BCUT2D eigenvalue weighted by atomic mass is 79.9. The van der Waals surface area contributed by atoms with Crippen molar-refractivity contribution in [2.75, 3.05) is 18.0 Å². The molecule has 0 spiro atoms. The fourth-order valence-corrected chi connectivity index (χ4v) is 3.40. The van der Waals surface area contributed by atoms with Crippen LogP contribution in [0.25, 0.3) is 0 Å². The third-order valence-electron chi connectivity index (χ3n) is 3.86. The highest BCUT2D eigenvalue weighted by Crippen LogP contribution is 2.36. The van der Waals surface area contributed by atoms with Crippen LogP contribution in [0.1, 0.15) is 13.3 Å². The largest absolute Gasteiger partial charge is 0.362 e. The molecule has 0 aliphatic carbocycles. The maximum Gasteiger partial charge on any atom is 0.219 e. The van der Waals surface area contributed by atoms with E-state index in [0.717, 1.165) is 24.0 Å². The lowest BCUT2D eigenvalue weighted by atomic mass is 10.2. The Hall–Kier alpha value is -1.10. The second kappa shape index (κ2) is 4.23. The maximum absolute atomic E-state index is 13.9. The lowest BCUT2D eigenvalue weighted by molar-refractivity contribution is -0.129. The first-order chi connectivity index (χ1) is 8.56. The number of rotatable bonds is 1. The summed E-state index contributed by atoms with van der Waals surface area (Å²) in [4.78, 5) is 15.4. The predicted octanol–water partition coefficient (Wildman–Crippen LogP) is 2.40. The summed E-state index contributed by atoms with van der Waals surface area (Å²) in [5.74, 6) is -0.0790. The second-order valence-corrected chi connectivity index (χ2v) is 5.88. The van der Waals surface area contributed by atoms with Crippen LogP contribution < -0.4 is 4.90 Å².